The van der Waals surface area contributed by atoms with Crippen molar-refractivity contribution in [3.63, 3.8) is 0 Å². The predicted molar refractivity (Wildman–Crippen MR) is 129 cm³/mol. The predicted octanol–water partition coefficient (Wildman–Crippen LogP) is 1.11. The van der Waals surface area contributed by atoms with Crippen molar-refractivity contribution >= 4 is 29.4 Å². The molecule has 0 aromatic heterocycles. The summed E-state index contributed by atoms with van der Waals surface area (Å²) in [6.07, 6.45) is 0. The Balaban J connectivity index is 1.44. The van der Waals surface area contributed by atoms with E-state index in [-0.39, 0.29) is 36.3 Å². The molecule has 0 bridgehead atoms. The summed E-state index contributed by atoms with van der Waals surface area (Å²) in [5, 5.41) is 2.97. The van der Waals surface area contributed by atoms with Crippen LogP contribution in [0.3, 0.4) is 0 Å². The van der Waals surface area contributed by atoms with Gasteiger partial charge in [0.15, 0.2) is 13.2 Å². The number of nitrogens with one attached hydrogen (secondary N) is 1. The fourth-order valence-electron chi connectivity index (χ4n) is 3.76. The van der Waals surface area contributed by atoms with E-state index in [1.165, 1.54) is 12.1 Å². The lowest BCUT2D eigenvalue weighted by Crippen LogP contribution is -2.51. The molecule has 0 atom stereocenters. The minimum absolute atomic E-state index is 0.0984. The first-order chi connectivity index (χ1) is 16.7. The number of esters is 1. The zero-order valence-electron chi connectivity index (χ0n) is 19.9. The summed E-state index contributed by atoms with van der Waals surface area (Å²) in [5.41, 5.74) is 8.01. The van der Waals surface area contributed by atoms with Crippen molar-refractivity contribution in [1.29, 1.82) is 0 Å². The molecule has 0 saturated carbocycles. The first-order valence-corrected chi connectivity index (χ1v) is 11.3. The summed E-state index contributed by atoms with van der Waals surface area (Å²) in [7, 11) is 0. The quantitative estimate of drug-likeness (QED) is 0.512. The van der Waals surface area contributed by atoms with Gasteiger partial charge in [0.1, 0.15) is 11.3 Å². The van der Waals surface area contributed by atoms with Gasteiger partial charge in [-0.2, -0.15) is 0 Å². The van der Waals surface area contributed by atoms with Crippen LogP contribution >= 0.6 is 0 Å². The van der Waals surface area contributed by atoms with E-state index in [1.54, 1.807) is 17.0 Å². The topological polar surface area (TPSA) is 131 Å². The number of aryl methyl sites for hydroxylation is 2. The normalized spacial score (nSPS) is 13.7. The fraction of sp³-hybridized carbons (Fsp3) is 0.360. The number of hydrogen-bond donors (Lipinski definition) is 2. The molecule has 0 radical (unpaired) electrons. The second kappa shape index (κ2) is 12.0. The fourth-order valence-corrected chi connectivity index (χ4v) is 3.76. The van der Waals surface area contributed by atoms with Crippen molar-refractivity contribution in [3.05, 3.63) is 59.2 Å². The van der Waals surface area contributed by atoms with Crippen molar-refractivity contribution in [1.82, 2.24) is 9.80 Å². The Bertz CT molecular complexity index is 1070. The Labute approximate surface area is 204 Å². The van der Waals surface area contributed by atoms with Crippen LogP contribution in [0.25, 0.3) is 0 Å². The van der Waals surface area contributed by atoms with Crippen LogP contribution < -0.4 is 15.8 Å². The lowest BCUT2D eigenvalue weighted by Gasteiger charge is -2.34. The number of nitrogens with two attached hydrogens (primary N) is 1. The monoisotopic (exact) mass is 482 g/mol. The largest absolute Gasteiger partial charge is 0.483 e. The number of carbonyl (C=O) groups excluding carboxylic acids is 4. The van der Waals surface area contributed by atoms with Crippen LogP contribution in [0, 0.1) is 13.8 Å². The molecule has 0 aliphatic carbocycles. The smallest absolute Gasteiger partial charge is 0.342 e. The molecule has 3 amide bonds. The van der Waals surface area contributed by atoms with Crippen LogP contribution in [0.5, 0.6) is 5.75 Å². The zero-order valence-corrected chi connectivity index (χ0v) is 19.9. The minimum atomic E-state index is -0.736. The van der Waals surface area contributed by atoms with Gasteiger partial charge in [-0.25, -0.2) is 4.79 Å². The second-order valence-corrected chi connectivity index (χ2v) is 8.30. The maximum Gasteiger partial charge on any atom is 0.342 e. The molecule has 2 aromatic rings. The van der Waals surface area contributed by atoms with E-state index in [1.807, 2.05) is 36.9 Å². The van der Waals surface area contributed by atoms with Crippen LogP contribution in [-0.2, 0) is 19.1 Å². The Morgan fingerprint density at radius 2 is 1.57 bits per heavy atom. The molecule has 1 heterocycles. The highest BCUT2D eigenvalue weighted by Gasteiger charge is 2.24. The summed E-state index contributed by atoms with van der Waals surface area (Å²) in [6.45, 7) is 5.24. The van der Waals surface area contributed by atoms with Crippen LogP contribution in [0.4, 0.5) is 5.69 Å². The highest BCUT2D eigenvalue weighted by molar-refractivity contribution is 5.94. The van der Waals surface area contributed by atoms with Gasteiger partial charge < -0.3 is 25.4 Å². The number of carbonyl (C=O) groups is 4. The second-order valence-electron chi connectivity index (χ2n) is 8.30. The molecular formula is C25H30N4O6. The lowest BCUT2D eigenvalue weighted by atomic mass is 10.1. The summed E-state index contributed by atoms with van der Waals surface area (Å²) in [6, 6.07) is 12.1. The van der Waals surface area contributed by atoms with Crippen molar-refractivity contribution in [3.8, 4) is 5.75 Å². The van der Waals surface area contributed by atoms with Crippen LogP contribution in [0.2, 0.25) is 0 Å². The summed E-state index contributed by atoms with van der Waals surface area (Å²) in [5.74, 6) is -1.69. The third-order valence-corrected chi connectivity index (χ3v) is 5.64. The van der Waals surface area contributed by atoms with E-state index in [9.17, 15) is 19.2 Å². The number of rotatable bonds is 9. The van der Waals surface area contributed by atoms with Gasteiger partial charge in [-0.1, -0.05) is 30.3 Å². The van der Waals surface area contributed by atoms with Gasteiger partial charge in [0, 0.05) is 31.9 Å². The molecule has 10 nitrogen and oxygen atoms in total. The number of nitrogens with zero attached hydrogens (tertiary/aromatic N) is 2. The Kier molecular flexibility index (Phi) is 8.80. The number of hydrogen-bond acceptors (Lipinski definition) is 7. The number of para-hydroxylation sites is 2. The molecule has 10 heteroatoms. The summed E-state index contributed by atoms with van der Waals surface area (Å²) >= 11 is 0. The van der Waals surface area contributed by atoms with E-state index in [4.69, 9.17) is 15.2 Å². The highest BCUT2D eigenvalue weighted by Crippen LogP contribution is 2.20. The molecule has 1 saturated heterocycles. The van der Waals surface area contributed by atoms with Gasteiger partial charge >= 0.3 is 5.97 Å². The molecule has 1 aliphatic heterocycles. The van der Waals surface area contributed by atoms with Crippen molar-refractivity contribution in [2.24, 2.45) is 5.73 Å². The molecule has 2 aromatic carbocycles. The number of primary amides is 1. The molecule has 186 valence electrons. The van der Waals surface area contributed by atoms with Crippen LogP contribution in [-0.4, -0.2) is 79.4 Å². The average molecular weight is 483 g/mol. The molecule has 3 N–H and O–H groups in total. The number of ether oxygens (including phenoxy) is 2. The first kappa shape index (κ1) is 25.7. The molecule has 0 unspecified atom stereocenters. The molecule has 3 rings (SSSR count). The first-order valence-electron chi connectivity index (χ1n) is 11.3. The Morgan fingerprint density at radius 3 is 2.23 bits per heavy atom. The van der Waals surface area contributed by atoms with Gasteiger partial charge in [-0.3, -0.25) is 19.3 Å². The summed E-state index contributed by atoms with van der Waals surface area (Å²) in [4.78, 5) is 52.0. The number of amides is 3. The van der Waals surface area contributed by atoms with Gasteiger partial charge in [0.2, 0.25) is 5.91 Å². The number of benzene rings is 2. The van der Waals surface area contributed by atoms with Gasteiger partial charge in [0.05, 0.1) is 6.54 Å². The minimum Gasteiger partial charge on any atom is -0.483 e. The third-order valence-electron chi connectivity index (χ3n) is 5.64. The lowest BCUT2D eigenvalue weighted by molar-refractivity contribution is -0.136. The van der Waals surface area contributed by atoms with Crippen molar-refractivity contribution < 1.29 is 28.7 Å². The molecule has 35 heavy (non-hydrogen) atoms. The highest BCUT2D eigenvalue weighted by atomic mass is 16.5. The van der Waals surface area contributed by atoms with Crippen LogP contribution in [0.1, 0.15) is 21.5 Å². The summed E-state index contributed by atoms with van der Waals surface area (Å²) < 4.78 is 10.4. The maximum absolute atomic E-state index is 12.5. The van der Waals surface area contributed by atoms with Gasteiger partial charge in [0.25, 0.3) is 11.8 Å². The SMILES string of the molecule is Cc1cccc(C)c1NC(=O)CN1CCN(C(=O)COC(=O)c2ccccc2OCC(N)=O)CC1. The third kappa shape index (κ3) is 7.28. The Morgan fingerprint density at radius 1 is 0.914 bits per heavy atom. The zero-order chi connectivity index (χ0) is 25.4. The number of anilines is 1. The van der Waals surface area contributed by atoms with E-state index >= 15 is 0 Å². The van der Waals surface area contributed by atoms with Gasteiger partial charge in [-0.05, 0) is 37.1 Å². The Hall–Kier alpha value is -3.92. The van der Waals surface area contributed by atoms with Crippen LogP contribution in [0.15, 0.2) is 42.5 Å². The molecule has 0 spiro atoms. The maximum atomic E-state index is 12.5. The van der Waals surface area contributed by atoms with Crippen molar-refractivity contribution in [2.45, 2.75) is 13.8 Å². The molecule has 1 aliphatic rings. The van der Waals surface area contributed by atoms with Gasteiger partial charge in [-0.15, -0.1) is 0 Å². The molecular weight excluding hydrogens is 452 g/mol. The average Bonchev–Trinajstić information content (AvgIpc) is 2.84. The van der Waals surface area contributed by atoms with Crippen molar-refractivity contribution in [2.75, 3.05) is 51.3 Å². The molecule has 1 fully saturated rings. The van der Waals surface area contributed by atoms with E-state index in [0.717, 1.165) is 16.8 Å². The number of piperazine rings is 1. The van der Waals surface area contributed by atoms with E-state index in [0.29, 0.717) is 26.2 Å². The van der Waals surface area contributed by atoms with E-state index < -0.39 is 18.5 Å². The van der Waals surface area contributed by atoms with E-state index in [2.05, 4.69) is 5.32 Å². The standard InChI is InChI=1S/C25H30N4O6/c1-17-6-5-7-18(2)24(17)27-22(31)14-28-10-12-29(13-11-28)23(32)16-35-25(33)19-8-3-4-9-20(19)34-15-21(26)30/h3-9H,10-16H2,1-2H3,(H2,26,30)(H,27,31).